The van der Waals surface area contributed by atoms with E-state index >= 15 is 0 Å². The Hall–Kier alpha value is -2.20. The van der Waals surface area contributed by atoms with Gasteiger partial charge >= 0.3 is 0 Å². The maximum Gasteiger partial charge on any atom is 0.209 e. The van der Waals surface area contributed by atoms with Crippen LogP contribution in [0.15, 0.2) is 82.6 Å². The molecule has 2 aromatic rings. The lowest BCUT2D eigenvalue weighted by atomic mass is 9.81. The number of thioether (sulfide) groups is 1. The van der Waals surface area contributed by atoms with Gasteiger partial charge in [-0.25, -0.2) is 0 Å². The van der Waals surface area contributed by atoms with E-state index in [1.165, 1.54) is 63.5 Å². The Morgan fingerprint density at radius 3 is 2.40 bits per heavy atom. The summed E-state index contributed by atoms with van der Waals surface area (Å²) in [5, 5.41) is 1.69. The van der Waals surface area contributed by atoms with Gasteiger partial charge in [0.25, 0.3) is 0 Å². The Morgan fingerprint density at radius 2 is 1.65 bits per heavy atom. The second kappa shape index (κ2) is 13.0. The highest BCUT2D eigenvalue weighted by Gasteiger charge is 2.44. The molecule has 0 aliphatic carbocycles. The summed E-state index contributed by atoms with van der Waals surface area (Å²) in [4.78, 5) is 2.54. The van der Waals surface area contributed by atoms with Crippen LogP contribution in [-0.4, -0.2) is 34.9 Å². The number of hydrogen-bond acceptors (Lipinski definition) is 2. The molecule has 0 unspecified atom stereocenters. The fraction of sp³-hybridized carbons (Fsp3) is 0.447. The molecule has 0 saturated heterocycles. The van der Waals surface area contributed by atoms with Crippen LogP contribution in [0.2, 0.25) is 5.02 Å². The Kier molecular flexibility index (Phi) is 9.76. The average molecular weight is 635 g/mol. The maximum absolute atomic E-state index is 7.19. The summed E-state index contributed by atoms with van der Waals surface area (Å²) < 4.78 is 2.49. The summed E-state index contributed by atoms with van der Waals surface area (Å²) in [6.45, 7) is 18.1. The van der Waals surface area contributed by atoms with Gasteiger partial charge in [-0.2, -0.15) is 16.3 Å². The predicted molar refractivity (Wildman–Crippen MR) is 191 cm³/mol. The van der Waals surface area contributed by atoms with Crippen LogP contribution in [0.4, 0.5) is 11.4 Å². The van der Waals surface area contributed by atoms with Crippen LogP contribution >= 0.6 is 35.0 Å². The maximum atomic E-state index is 7.19. The third kappa shape index (κ3) is 6.20. The number of unbranched alkanes of at least 4 members (excludes halogenated alkanes) is 2. The Bertz CT molecular complexity index is 1550. The molecule has 2 aromatic carbocycles. The zero-order chi connectivity index (χ0) is 30.9. The van der Waals surface area contributed by atoms with Gasteiger partial charge in [0.1, 0.15) is 6.54 Å². The van der Waals surface area contributed by atoms with Crippen molar-refractivity contribution in [1.82, 2.24) is 0 Å². The molecule has 2 nitrogen and oxygen atoms in total. The van der Waals surface area contributed by atoms with Crippen LogP contribution in [0.5, 0.6) is 0 Å². The predicted octanol–water partition coefficient (Wildman–Crippen LogP) is 11.0. The minimum absolute atomic E-state index is 0.0581. The van der Waals surface area contributed by atoms with E-state index in [9.17, 15) is 0 Å². The highest BCUT2D eigenvalue weighted by atomic mass is 35.5. The van der Waals surface area contributed by atoms with Crippen LogP contribution in [-0.2, 0) is 10.8 Å². The standard InChI is InChI=1S/C38H47Cl2N2S/c1-8-10-20-41-32-16-12-26(3)22-30(32)37(4,5)34(41)18-13-27-24-43-25-28(36(27)40)14-19-35-38(6,7)31-23-29(39)15-17-33(31)42(35)21-11-9-2/h12-19,22-23H,8-11,20-21,24-25H2,1-7H3/q+1. The normalized spacial score (nSPS) is 21.1. The molecular weight excluding hydrogens is 587 g/mol. The quantitative estimate of drug-likeness (QED) is 0.253. The number of halogens is 2. The first kappa shape index (κ1) is 32.2. The van der Waals surface area contributed by atoms with Gasteiger partial charge < -0.3 is 4.90 Å². The zero-order valence-corrected chi connectivity index (χ0v) is 29.3. The van der Waals surface area contributed by atoms with Crippen molar-refractivity contribution in [2.75, 3.05) is 29.5 Å². The largest absolute Gasteiger partial charge is 0.344 e. The molecule has 0 amide bonds. The van der Waals surface area contributed by atoms with E-state index in [4.69, 9.17) is 23.2 Å². The van der Waals surface area contributed by atoms with Crippen LogP contribution in [0.1, 0.15) is 83.9 Å². The molecule has 0 fully saturated rings. The monoisotopic (exact) mass is 633 g/mol. The summed E-state index contributed by atoms with van der Waals surface area (Å²) in [7, 11) is 0. The molecule has 0 aromatic heterocycles. The molecule has 0 atom stereocenters. The van der Waals surface area contributed by atoms with Gasteiger partial charge in [0.15, 0.2) is 5.71 Å². The number of allylic oxidation sites excluding steroid dienone is 6. The molecule has 3 aliphatic heterocycles. The van der Waals surface area contributed by atoms with Crippen LogP contribution < -0.4 is 4.90 Å². The summed E-state index contributed by atoms with van der Waals surface area (Å²) >= 11 is 15.6. The molecular formula is C38H47Cl2N2S+. The number of aryl methyl sites for hydroxylation is 1. The molecule has 43 heavy (non-hydrogen) atoms. The zero-order valence-electron chi connectivity index (χ0n) is 27.0. The molecule has 0 radical (unpaired) electrons. The molecule has 0 bridgehead atoms. The smallest absolute Gasteiger partial charge is 0.209 e. The fourth-order valence-electron chi connectivity index (χ4n) is 6.76. The van der Waals surface area contributed by atoms with E-state index in [-0.39, 0.29) is 10.8 Å². The SMILES string of the molecule is CCCCN1/C(=C/C=C2\CSCC(/C=C/C3=[N+](CCCC)c4ccc(Cl)cc4C3(C)C)=C2Cl)C(C)(C)c2cc(C)ccc21. The van der Waals surface area contributed by atoms with Gasteiger partial charge in [-0.3, -0.25) is 0 Å². The van der Waals surface area contributed by atoms with Crippen molar-refractivity contribution in [3.8, 4) is 0 Å². The Labute approximate surface area is 274 Å². The van der Waals surface area contributed by atoms with Crippen LogP contribution in [0, 0.1) is 6.92 Å². The minimum atomic E-state index is -0.133. The molecule has 0 N–H and O–H groups in total. The van der Waals surface area contributed by atoms with Gasteiger partial charge in [0, 0.05) is 69.0 Å². The minimum Gasteiger partial charge on any atom is -0.344 e. The fourth-order valence-corrected chi connectivity index (χ4v) is 8.37. The third-order valence-electron chi connectivity index (χ3n) is 9.34. The lowest BCUT2D eigenvalue weighted by Crippen LogP contribution is -2.28. The first-order valence-corrected chi connectivity index (χ1v) is 17.8. The van der Waals surface area contributed by atoms with E-state index in [0.717, 1.165) is 47.5 Å². The van der Waals surface area contributed by atoms with E-state index in [2.05, 4.69) is 113 Å². The van der Waals surface area contributed by atoms with Crippen LogP contribution in [0.3, 0.4) is 0 Å². The summed E-state index contributed by atoms with van der Waals surface area (Å²) in [5.74, 6) is 1.85. The molecule has 228 valence electrons. The van der Waals surface area contributed by atoms with E-state index < -0.39 is 0 Å². The molecule has 5 heteroatoms. The number of hydrogen-bond donors (Lipinski definition) is 0. The number of fused-ring (bicyclic) bond motifs is 2. The first-order chi connectivity index (χ1) is 20.5. The lowest BCUT2D eigenvalue weighted by Gasteiger charge is -2.27. The van der Waals surface area contributed by atoms with Gasteiger partial charge in [-0.05, 0) is 68.2 Å². The molecule has 3 heterocycles. The van der Waals surface area contributed by atoms with Crippen molar-refractivity contribution in [1.29, 1.82) is 0 Å². The van der Waals surface area contributed by atoms with Gasteiger partial charge in [-0.15, -0.1) is 0 Å². The van der Waals surface area contributed by atoms with Gasteiger partial charge in [-0.1, -0.05) is 93.6 Å². The van der Waals surface area contributed by atoms with Crippen molar-refractivity contribution in [2.24, 2.45) is 0 Å². The second-order valence-corrected chi connectivity index (χ2v) is 15.0. The first-order valence-electron chi connectivity index (χ1n) is 15.9. The molecule has 0 saturated carbocycles. The van der Waals surface area contributed by atoms with Crippen LogP contribution in [0.25, 0.3) is 0 Å². The Balaban J connectivity index is 1.50. The number of rotatable bonds is 9. The molecule has 5 rings (SSSR count). The van der Waals surface area contributed by atoms with Crippen molar-refractivity contribution >= 4 is 52.1 Å². The van der Waals surface area contributed by atoms with Gasteiger partial charge in [0.2, 0.25) is 5.69 Å². The molecule has 3 aliphatic rings. The third-order valence-corrected chi connectivity index (χ3v) is 11.1. The summed E-state index contributed by atoms with van der Waals surface area (Å²) in [6, 6.07) is 13.3. The molecule has 0 spiro atoms. The van der Waals surface area contributed by atoms with Crippen molar-refractivity contribution in [2.45, 2.75) is 85.0 Å². The number of benzene rings is 2. The number of nitrogens with zero attached hydrogens (tertiary/aromatic N) is 2. The van der Waals surface area contributed by atoms with Gasteiger partial charge in [0.05, 0.1) is 5.41 Å². The van der Waals surface area contributed by atoms with Crippen molar-refractivity contribution in [3.63, 3.8) is 0 Å². The van der Waals surface area contributed by atoms with Crippen molar-refractivity contribution in [3.05, 3.63) is 104 Å². The second-order valence-electron chi connectivity index (χ2n) is 13.2. The topological polar surface area (TPSA) is 6.25 Å². The van der Waals surface area contributed by atoms with E-state index in [1.807, 2.05) is 17.8 Å². The van der Waals surface area contributed by atoms with E-state index in [1.54, 1.807) is 0 Å². The highest BCUT2D eigenvalue weighted by molar-refractivity contribution is 7.99. The average Bonchev–Trinajstić information content (AvgIpc) is 3.31. The number of anilines is 1. The lowest BCUT2D eigenvalue weighted by molar-refractivity contribution is -0.438. The summed E-state index contributed by atoms with van der Waals surface area (Å²) in [5.41, 5.74) is 11.5. The van der Waals surface area contributed by atoms with Crippen molar-refractivity contribution < 1.29 is 4.58 Å². The summed E-state index contributed by atoms with van der Waals surface area (Å²) in [6.07, 6.45) is 13.9. The highest BCUT2D eigenvalue weighted by Crippen LogP contribution is 2.48. The Morgan fingerprint density at radius 1 is 0.884 bits per heavy atom. The van der Waals surface area contributed by atoms with E-state index in [0.29, 0.717) is 0 Å².